The van der Waals surface area contributed by atoms with Crippen LogP contribution in [0.15, 0.2) is 0 Å². The van der Waals surface area contributed by atoms with Gasteiger partial charge in [-0.1, -0.05) is 13.8 Å². The molecule has 0 heterocycles. The number of alkyl carbamates (subject to hydrolysis) is 1. The number of hydrogen-bond donors (Lipinski definition) is 2. The minimum absolute atomic E-state index is 0.137. The van der Waals surface area contributed by atoms with E-state index in [1.807, 2.05) is 20.8 Å². The van der Waals surface area contributed by atoms with Gasteiger partial charge in [0, 0.05) is 25.2 Å². The van der Waals surface area contributed by atoms with Crippen molar-refractivity contribution in [1.29, 1.82) is 0 Å². The number of hydrogen-bond acceptors (Lipinski definition) is 4. The second kappa shape index (κ2) is 7.99. The van der Waals surface area contributed by atoms with Gasteiger partial charge in [0.2, 0.25) is 0 Å². The summed E-state index contributed by atoms with van der Waals surface area (Å²) in [6.07, 6.45) is 2.87. The predicted octanol–water partition coefficient (Wildman–Crippen LogP) is 2.69. The molecule has 5 nitrogen and oxygen atoms in total. The van der Waals surface area contributed by atoms with Crippen LogP contribution in [0.25, 0.3) is 0 Å². The standard InChI is InChI=1S/C16H32N2O3/c1-11(2)14(10-20-6)17-12-8-7-9-13(12)18-15(19)21-16(3,4)5/h11-14,17H,7-10H2,1-6H3,(H,18,19). The summed E-state index contributed by atoms with van der Waals surface area (Å²) in [5, 5.41) is 6.65. The van der Waals surface area contributed by atoms with Crippen molar-refractivity contribution in [2.24, 2.45) is 5.92 Å². The highest BCUT2D eigenvalue weighted by atomic mass is 16.6. The molecule has 2 N–H and O–H groups in total. The Morgan fingerprint density at radius 1 is 1.24 bits per heavy atom. The van der Waals surface area contributed by atoms with Crippen LogP contribution in [-0.4, -0.2) is 43.5 Å². The van der Waals surface area contributed by atoms with Crippen LogP contribution in [0.5, 0.6) is 0 Å². The molecule has 124 valence electrons. The first-order chi connectivity index (χ1) is 9.73. The summed E-state index contributed by atoms with van der Waals surface area (Å²) in [4.78, 5) is 11.9. The first kappa shape index (κ1) is 18.2. The van der Waals surface area contributed by atoms with Crippen LogP contribution in [0.4, 0.5) is 4.79 Å². The fourth-order valence-electron chi connectivity index (χ4n) is 2.68. The molecule has 1 saturated carbocycles. The molecule has 5 heteroatoms. The molecule has 0 aromatic carbocycles. The Labute approximate surface area is 129 Å². The molecule has 21 heavy (non-hydrogen) atoms. The molecule has 0 aliphatic heterocycles. The van der Waals surface area contributed by atoms with Crippen LogP contribution in [0, 0.1) is 5.92 Å². The monoisotopic (exact) mass is 300 g/mol. The van der Waals surface area contributed by atoms with E-state index >= 15 is 0 Å². The lowest BCUT2D eigenvalue weighted by molar-refractivity contribution is 0.0493. The van der Waals surface area contributed by atoms with Gasteiger partial charge in [-0.3, -0.25) is 0 Å². The van der Waals surface area contributed by atoms with E-state index < -0.39 is 5.60 Å². The molecule has 0 bridgehead atoms. The number of rotatable bonds is 6. The number of nitrogens with one attached hydrogen (secondary N) is 2. The van der Waals surface area contributed by atoms with Gasteiger partial charge < -0.3 is 20.1 Å². The van der Waals surface area contributed by atoms with E-state index in [2.05, 4.69) is 24.5 Å². The first-order valence-electron chi connectivity index (χ1n) is 7.97. The van der Waals surface area contributed by atoms with Gasteiger partial charge in [0.15, 0.2) is 0 Å². The zero-order valence-corrected chi connectivity index (χ0v) is 14.4. The van der Waals surface area contributed by atoms with Crippen molar-refractivity contribution < 1.29 is 14.3 Å². The summed E-state index contributed by atoms with van der Waals surface area (Å²) in [5.74, 6) is 0.493. The Morgan fingerprint density at radius 3 is 2.38 bits per heavy atom. The van der Waals surface area contributed by atoms with E-state index in [0.717, 1.165) is 19.3 Å². The third kappa shape index (κ3) is 6.66. The molecule has 3 atom stereocenters. The van der Waals surface area contributed by atoms with E-state index in [1.165, 1.54) is 0 Å². The molecular formula is C16H32N2O3. The number of methoxy groups -OCH3 is 1. The van der Waals surface area contributed by atoms with Gasteiger partial charge in [0.25, 0.3) is 0 Å². The lowest BCUT2D eigenvalue weighted by Gasteiger charge is -2.30. The maximum atomic E-state index is 11.9. The lowest BCUT2D eigenvalue weighted by atomic mass is 10.0. The smallest absolute Gasteiger partial charge is 0.407 e. The quantitative estimate of drug-likeness (QED) is 0.792. The second-order valence-electron chi connectivity index (χ2n) is 7.26. The Bertz CT molecular complexity index is 326. The number of carbonyl (C=O) groups excluding carboxylic acids is 1. The number of amides is 1. The third-order valence-electron chi connectivity index (χ3n) is 3.80. The minimum Gasteiger partial charge on any atom is -0.444 e. The predicted molar refractivity (Wildman–Crippen MR) is 84.4 cm³/mol. The van der Waals surface area contributed by atoms with Crippen molar-refractivity contribution >= 4 is 6.09 Å². The number of ether oxygens (including phenoxy) is 2. The van der Waals surface area contributed by atoms with Gasteiger partial charge in [-0.2, -0.15) is 0 Å². The van der Waals surface area contributed by atoms with E-state index in [-0.39, 0.29) is 12.1 Å². The summed E-state index contributed by atoms with van der Waals surface area (Å²) in [6, 6.07) is 0.735. The van der Waals surface area contributed by atoms with Gasteiger partial charge in [-0.05, 0) is 46.0 Å². The summed E-state index contributed by atoms with van der Waals surface area (Å²) in [5.41, 5.74) is -0.456. The van der Waals surface area contributed by atoms with Crippen molar-refractivity contribution in [3.63, 3.8) is 0 Å². The average Bonchev–Trinajstić information content (AvgIpc) is 2.73. The summed E-state index contributed by atoms with van der Waals surface area (Å²) in [6.45, 7) is 10.7. The van der Waals surface area contributed by atoms with Crippen LogP contribution in [0.3, 0.4) is 0 Å². The summed E-state index contributed by atoms with van der Waals surface area (Å²) >= 11 is 0. The fourth-order valence-corrected chi connectivity index (χ4v) is 2.68. The van der Waals surface area contributed by atoms with E-state index in [1.54, 1.807) is 7.11 Å². The van der Waals surface area contributed by atoms with Crippen molar-refractivity contribution in [3.05, 3.63) is 0 Å². The molecule has 1 aliphatic rings. The minimum atomic E-state index is -0.456. The van der Waals surface area contributed by atoms with E-state index in [0.29, 0.717) is 24.6 Å². The van der Waals surface area contributed by atoms with Gasteiger partial charge in [0.05, 0.1) is 6.61 Å². The molecule has 1 fully saturated rings. The van der Waals surface area contributed by atoms with Crippen molar-refractivity contribution in [3.8, 4) is 0 Å². The summed E-state index contributed by atoms with van der Waals surface area (Å²) in [7, 11) is 1.72. The van der Waals surface area contributed by atoms with Gasteiger partial charge in [-0.25, -0.2) is 4.79 Å². The first-order valence-corrected chi connectivity index (χ1v) is 7.97. The van der Waals surface area contributed by atoms with Crippen LogP contribution >= 0.6 is 0 Å². The Kier molecular flexibility index (Phi) is 6.94. The second-order valence-corrected chi connectivity index (χ2v) is 7.26. The fraction of sp³-hybridized carbons (Fsp3) is 0.938. The van der Waals surface area contributed by atoms with Crippen molar-refractivity contribution in [1.82, 2.24) is 10.6 Å². The normalized spacial score (nSPS) is 24.1. The average molecular weight is 300 g/mol. The molecule has 0 spiro atoms. The highest BCUT2D eigenvalue weighted by Crippen LogP contribution is 2.21. The van der Waals surface area contributed by atoms with Gasteiger partial charge >= 0.3 is 6.09 Å². The maximum Gasteiger partial charge on any atom is 0.407 e. The Hall–Kier alpha value is -0.810. The van der Waals surface area contributed by atoms with Crippen LogP contribution < -0.4 is 10.6 Å². The highest BCUT2D eigenvalue weighted by Gasteiger charge is 2.32. The molecule has 3 unspecified atom stereocenters. The molecular weight excluding hydrogens is 268 g/mol. The lowest BCUT2D eigenvalue weighted by Crippen LogP contribution is -2.53. The van der Waals surface area contributed by atoms with Crippen molar-refractivity contribution in [2.75, 3.05) is 13.7 Å². The topological polar surface area (TPSA) is 59.6 Å². The molecule has 1 rings (SSSR count). The van der Waals surface area contributed by atoms with E-state index in [4.69, 9.17) is 9.47 Å². The zero-order valence-electron chi connectivity index (χ0n) is 14.4. The highest BCUT2D eigenvalue weighted by molar-refractivity contribution is 5.68. The Balaban J connectivity index is 2.52. The zero-order chi connectivity index (χ0) is 16.0. The SMILES string of the molecule is COCC(NC1CCCC1NC(=O)OC(C)(C)C)C(C)C. The van der Waals surface area contributed by atoms with Crippen LogP contribution in [0.2, 0.25) is 0 Å². The molecule has 0 saturated heterocycles. The molecule has 1 aliphatic carbocycles. The molecule has 0 aromatic heterocycles. The van der Waals surface area contributed by atoms with Crippen LogP contribution in [-0.2, 0) is 9.47 Å². The summed E-state index contributed by atoms with van der Waals surface area (Å²) < 4.78 is 10.6. The third-order valence-corrected chi connectivity index (χ3v) is 3.80. The van der Waals surface area contributed by atoms with Crippen LogP contribution in [0.1, 0.15) is 53.9 Å². The van der Waals surface area contributed by atoms with Gasteiger partial charge in [0.1, 0.15) is 5.60 Å². The van der Waals surface area contributed by atoms with E-state index in [9.17, 15) is 4.79 Å². The Morgan fingerprint density at radius 2 is 1.86 bits per heavy atom. The number of carbonyl (C=O) groups is 1. The molecule has 0 radical (unpaired) electrons. The van der Waals surface area contributed by atoms with Gasteiger partial charge in [-0.15, -0.1) is 0 Å². The largest absolute Gasteiger partial charge is 0.444 e. The molecule has 0 aromatic rings. The maximum absolute atomic E-state index is 11.9. The molecule has 1 amide bonds. The van der Waals surface area contributed by atoms with Crippen molar-refractivity contribution in [2.45, 2.75) is 77.6 Å².